The summed E-state index contributed by atoms with van der Waals surface area (Å²) in [6.45, 7) is 8.85. The lowest BCUT2D eigenvalue weighted by atomic mass is 10.2. The van der Waals surface area contributed by atoms with E-state index in [1.165, 1.54) is 19.3 Å². The van der Waals surface area contributed by atoms with Crippen LogP contribution in [0.4, 0.5) is 0 Å². The zero-order valence-corrected chi connectivity index (χ0v) is 8.84. The lowest BCUT2D eigenvalue weighted by molar-refractivity contribution is 0.235. The van der Waals surface area contributed by atoms with Gasteiger partial charge in [0.2, 0.25) is 0 Å². The van der Waals surface area contributed by atoms with Crippen LogP contribution in [0, 0.1) is 0 Å². The van der Waals surface area contributed by atoms with E-state index in [4.69, 9.17) is 11.6 Å². The third kappa shape index (κ3) is 12.5. The number of nitrogens with zero attached hydrogens (tertiary/aromatic N) is 1. The Morgan fingerprint density at radius 2 is 1.42 bits per heavy atom. The van der Waals surface area contributed by atoms with Gasteiger partial charge < -0.3 is 5.73 Å². The van der Waals surface area contributed by atoms with E-state index in [-0.39, 0.29) is 0 Å². The summed E-state index contributed by atoms with van der Waals surface area (Å²) in [4.78, 5) is 0. The highest BCUT2D eigenvalue weighted by atomic mass is 15.4. The van der Waals surface area contributed by atoms with Crippen LogP contribution in [0.25, 0.3) is 0 Å². The summed E-state index contributed by atoms with van der Waals surface area (Å²) in [5.74, 6) is 5.47. The molecule has 0 atom stereocenters. The Bertz CT molecular complexity index is 60.8. The lowest BCUT2D eigenvalue weighted by Gasteiger charge is -2.20. The number of piperidine rings is 1. The highest BCUT2D eigenvalue weighted by Crippen LogP contribution is 2.03. The summed E-state index contributed by atoms with van der Waals surface area (Å²) >= 11 is 0. The largest absolute Gasteiger partial charge is 0.331 e. The van der Waals surface area contributed by atoms with Gasteiger partial charge in [-0.25, -0.2) is 5.01 Å². The molecule has 12 heavy (non-hydrogen) atoms. The zero-order chi connectivity index (χ0) is 9.82. The molecule has 0 aromatic rings. The molecular weight excluding hydrogens is 150 g/mol. The number of hydrogen-bond donors (Lipinski definition) is 2. The molecule has 3 heteroatoms. The molecule has 4 N–H and O–H groups in total. The van der Waals surface area contributed by atoms with Crippen molar-refractivity contribution < 1.29 is 0 Å². The van der Waals surface area contributed by atoms with Crippen LogP contribution in [0.3, 0.4) is 0 Å². The summed E-state index contributed by atoms with van der Waals surface area (Å²) < 4.78 is 0. The van der Waals surface area contributed by atoms with Gasteiger partial charge in [0.25, 0.3) is 0 Å². The van der Waals surface area contributed by atoms with E-state index >= 15 is 0 Å². The van der Waals surface area contributed by atoms with Crippen LogP contribution in [-0.2, 0) is 0 Å². The van der Waals surface area contributed by atoms with E-state index in [9.17, 15) is 0 Å². The predicted octanol–water partition coefficient (Wildman–Crippen LogP) is 1.34. The first-order chi connectivity index (χ1) is 5.81. The van der Waals surface area contributed by atoms with Gasteiger partial charge in [-0.05, 0) is 19.4 Å². The Hall–Kier alpha value is -0.120. The Kier molecular flexibility index (Phi) is 16.2. The standard InChI is InChI=1S/C5H12N2.C2H7N.C2H6/c6-7-4-2-1-3-5-7;1-2-3;1-2/h1-6H2;2-3H2,1H3;1-2H3. The second-order valence-corrected chi connectivity index (χ2v) is 2.50. The van der Waals surface area contributed by atoms with Gasteiger partial charge in [0.1, 0.15) is 0 Å². The summed E-state index contributed by atoms with van der Waals surface area (Å²) in [6.07, 6.45) is 3.95. The predicted molar refractivity (Wildman–Crippen MR) is 55.7 cm³/mol. The Morgan fingerprint density at radius 3 is 1.58 bits per heavy atom. The van der Waals surface area contributed by atoms with E-state index < -0.39 is 0 Å². The number of rotatable bonds is 0. The molecule has 76 valence electrons. The second kappa shape index (κ2) is 13.5. The summed E-state index contributed by atoms with van der Waals surface area (Å²) in [6, 6.07) is 0. The minimum absolute atomic E-state index is 0.750. The summed E-state index contributed by atoms with van der Waals surface area (Å²) in [5, 5.41) is 1.89. The molecule has 0 aliphatic carbocycles. The minimum Gasteiger partial charge on any atom is -0.331 e. The molecule has 3 nitrogen and oxygen atoms in total. The van der Waals surface area contributed by atoms with Crippen molar-refractivity contribution in [3.05, 3.63) is 0 Å². The fraction of sp³-hybridized carbons (Fsp3) is 1.00. The maximum Gasteiger partial charge on any atom is 0.0128 e. The smallest absolute Gasteiger partial charge is 0.0128 e. The summed E-state index contributed by atoms with van der Waals surface area (Å²) in [7, 11) is 0. The molecule has 1 aliphatic heterocycles. The van der Waals surface area contributed by atoms with Gasteiger partial charge >= 0.3 is 0 Å². The second-order valence-electron chi connectivity index (χ2n) is 2.50. The van der Waals surface area contributed by atoms with Crippen molar-refractivity contribution in [2.75, 3.05) is 19.6 Å². The van der Waals surface area contributed by atoms with Crippen molar-refractivity contribution in [3.8, 4) is 0 Å². The fourth-order valence-electron chi connectivity index (χ4n) is 0.918. The first-order valence-corrected chi connectivity index (χ1v) is 5.01. The minimum atomic E-state index is 0.750. The van der Waals surface area contributed by atoms with E-state index in [1.807, 2.05) is 25.8 Å². The molecule has 1 heterocycles. The van der Waals surface area contributed by atoms with Crippen molar-refractivity contribution in [2.45, 2.75) is 40.0 Å². The summed E-state index contributed by atoms with van der Waals surface area (Å²) in [5.41, 5.74) is 4.85. The van der Waals surface area contributed by atoms with Gasteiger partial charge in [-0.3, -0.25) is 5.84 Å². The van der Waals surface area contributed by atoms with Gasteiger partial charge in [0, 0.05) is 13.1 Å². The van der Waals surface area contributed by atoms with Gasteiger partial charge in [-0.15, -0.1) is 0 Å². The molecular formula is C9H25N3. The molecule has 0 radical (unpaired) electrons. The topological polar surface area (TPSA) is 55.3 Å². The monoisotopic (exact) mass is 175 g/mol. The number of nitrogens with two attached hydrogens (primary N) is 2. The Labute approximate surface area is 77.1 Å². The average molecular weight is 175 g/mol. The molecule has 0 unspecified atom stereocenters. The first kappa shape index (κ1) is 14.4. The van der Waals surface area contributed by atoms with Crippen LogP contribution in [0.5, 0.6) is 0 Å². The van der Waals surface area contributed by atoms with Crippen molar-refractivity contribution >= 4 is 0 Å². The highest BCUT2D eigenvalue weighted by molar-refractivity contribution is 4.56. The van der Waals surface area contributed by atoms with Gasteiger partial charge in [0.05, 0.1) is 0 Å². The van der Waals surface area contributed by atoms with Crippen molar-refractivity contribution in [2.24, 2.45) is 11.6 Å². The maximum absolute atomic E-state index is 5.47. The van der Waals surface area contributed by atoms with E-state index in [0.717, 1.165) is 19.6 Å². The lowest BCUT2D eigenvalue weighted by Crippen LogP contribution is -2.35. The molecule has 1 fully saturated rings. The fourth-order valence-corrected chi connectivity index (χ4v) is 0.918. The first-order valence-electron chi connectivity index (χ1n) is 5.01. The number of hydrogen-bond acceptors (Lipinski definition) is 3. The molecule has 1 saturated heterocycles. The quantitative estimate of drug-likeness (QED) is 0.546. The Balaban J connectivity index is 0. The average Bonchev–Trinajstić information content (AvgIpc) is 2.11. The van der Waals surface area contributed by atoms with Crippen molar-refractivity contribution in [1.82, 2.24) is 5.01 Å². The van der Waals surface area contributed by atoms with Crippen LogP contribution < -0.4 is 11.6 Å². The maximum atomic E-state index is 5.47. The van der Waals surface area contributed by atoms with E-state index in [0.29, 0.717) is 0 Å². The molecule has 0 bridgehead atoms. The molecule has 0 saturated carbocycles. The van der Waals surface area contributed by atoms with Crippen LogP contribution >= 0.6 is 0 Å². The van der Waals surface area contributed by atoms with Gasteiger partial charge in [0.15, 0.2) is 0 Å². The molecule has 1 aliphatic rings. The highest BCUT2D eigenvalue weighted by Gasteiger charge is 2.02. The third-order valence-corrected chi connectivity index (χ3v) is 1.39. The van der Waals surface area contributed by atoms with Gasteiger partial charge in [-0.2, -0.15) is 0 Å². The Morgan fingerprint density at radius 1 is 1.08 bits per heavy atom. The zero-order valence-electron chi connectivity index (χ0n) is 8.84. The molecule has 0 spiro atoms. The van der Waals surface area contributed by atoms with Crippen LogP contribution in [0.2, 0.25) is 0 Å². The molecule has 0 aromatic carbocycles. The van der Waals surface area contributed by atoms with Crippen LogP contribution in [0.15, 0.2) is 0 Å². The third-order valence-electron chi connectivity index (χ3n) is 1.39. The van der Waals surface area contributed by atoms with Crippen molar-refractivity contribution in [3.63, 3.8) is 0 Å². The molecule has 0 aromatic heterocycles. The van der Waals surface area contributed by atoms with Crippen LogP contribution in [-0.4, -0.2) is 24.6 Å². The molecule has 1 rings (SSSR count). The van der Waals surface area contributed by atoms with E-state index in [1.54, 1.807) is 0 Å². The van der Waals surface area contributed by atoms with Gasteiger partial charge in [-0.1, -0.05) is 27.2 Å². The van der Waals surface area contributed by atoms with Crippen molar-refractivity contribution in [1.29, 1.82) is 0 Å². The van der Waals surface area contributed by atoms with Crippen LogP contribution in [0.1, 0.15) is 40.0 Å². The molecule has 0 amide bonds. The number of hydrazine groups is 1. The normalized spacial score (nSPS) is 16.8. The SMILES string of the molecule is CC.CCN.NN1CCCCC1. The van der Waals surface area contributed by atoms with E-state index in [2.05, 4.69) is 0 Å².